The number of nitrogens with one attached hydrogen (secondary N) is 1. The van der Waals surface area contributed by atoms with Crippen LogP contribution in [0.25, 0.3) is 0 Å². The van der Waals surface area contributed by atoms with Crippen molar-refractivity contribution in [2.75, 3.05) is 39.9 Å². The number of carbonyl (C=O) groups is 3. The van der Waals surface area contributed by atoms with E-state index >= 15 is 0 Å². The van der Waals surface area contributed by atoms with Gasteiger partial charge in [0.2, 0.25) is 5.91 Å². The Morgan fingerprint density at radius 2 is 2.03 bits per heavy atom. The molecule has 0 atom stereocenters. The molecule has 9 heteroatoms. The number of hydrogen-bond acceptors (Lipinski definition) is 5. The molecule has 2 fully saturated rings. The van der Waals surface area contributed by atoms with E-state index in [-0.39, 0.29) is 30.3 Å². The minimum atomic E-state index is -0.837. The highest BCUT2D eigenvalue weighted by molar-refractivity contribution is 6.07. The van der Waals surface area contributed by atoms with Gasteiger partial charge in [0.25, 0.3) is 5.91 Å². The number of nitrogens with zero attached hydrogens (tertiary/aromatic N) is 4. The van der Waals surface area contributed by atoms with Crippen LogP contribution in [-0.2, 0) is 20.7 Å². The second-order valence-corrected chi connectivity index (χ2v) is 8.26. The molecule has 2 saturated heterocycles. The van der Waals surface area contributed by atoms with Crippen molar-refractivity contribution in [1.82, 2.24) is 24.9 Å². The molecule has 1 aromatic heterocycles. The number of aromatic amines is 1. The van der Waals surface area contributed by atoms with E-state index in [9.17, 15) is 14.4 Å². The Hall–Kier alpha value is -2.42. The molecule has 0 unspecified atom stereocenters. The zero-order valence-corrected chi connectivity index (χ0v) is 17.5. The molecule has 160 valence electrons. The highest BCUT2D eigenvalue weighted by Gasteiger charge is 2.57. The number of aryl methyl sites for hydroxylation is 1. The first-order valence-corrected chi connectivity index (χ1v) is 10.3. The summed E-state index contributed by atoms with van der Waals surface area (Å²) < 4.78 is 5.07. The first-order chi connectivity index (χ1) is 13.9. The van der Waals surface area contributed by atoms with Gasteiger partial charge in [-0.25, -0.2) is 4.79 Å². The molecule has 0 radical (unpaired) electrons. The van der Waals surface area contributed by atoms with Gasteiger partial charge in [-0.3, -0.25) is 19.6 Å². The summed E-state index contributed by atoms with van der Waals surface area (Å²) in [6.45, 7) is 6.16. The molecule has 0 bridgehead atoms. The Balaban J connectivity index is 1.67. The summed E-state index contributed by atoms with van der Waals surface area (Å²) in [6.07, 6.45) is 5.52. The molecule has 1 spiro atoms. The lowest BCUT2D eigenvalue weighted by molar-refractivity contribution is -0.141. The number of likely N-dealkylation sites (tertiary alicyclic amines) is 1. The number of amides is 4. The molecule has 0 saturated carbocycles. The van der Waals surface area contributed by atoms with E-state index in [1.807, 2.05) is 18.7 Å². The minimum Gasteiger partial charge on any atom is -0.383 e. The van der Waals surface area contributed by atoms with Crippen molar-refractivity contribution in [3.8, 4) is 0 Å². The Kier molecular flexibility index (Phi) is 6.56. The van der Waals surface area contributed by atoms with Gasteiger partial charge in [0.15, 0.2) is 0 Å². The zero-order chi connectivity index (χ0) is 21.0. The van der Waals surface area contributed by atoms with E-state index in [0.717, 1.165) is 5.56 Å². The molecule has 0 aliphatic carbocycles. The van der Waals surface area contributed by atoms with Crippen molar-refractivity contribution < 1.29 is 19.1 Å². The summed E-state index contributed by atoms with van der Waals surface area (Å²) in [4.78, 5) is 43.7. The third-order valence-corrected chi connectivity index (χ3v) is 5.81. The lowest BCUT2D eigenvalue weighted by Crippen LogP contribution is -2.58. The monoisotopic (exact) mass is 405 g/mol. The summed E-state index contributed by atoms with van der Waals surface area (Å²) in [5, 5.41) is 6.65. The van der Waals surface area contributed by atoms with Crippen molar-refractivity contribution in [1.29, 1.82) is 0 Å². The van der Waals surface area contributed by atoms with E-state index in [1.54, 1.807) is 24.4 Å². The molecule has 3 rings (SSSR count). The van der Waals surface area contributed by atoms with Gasteiger partial charge in [-0.15, -0.1) is 0 Å². The molecule has 9 nitrogen and oxygen atoms in total. The molecular weight excluding hydrogens is 374 g/mol. The van der Waals surface area contributed by atoms with Crippen LogP contribution in [0.15, 0.2) is 12.4 Å². The number of methoxy groups -OCH3 is 1. The third kappa shape index (κ3) is 4.29. The molecule has 2 aliphatic heterocycles. The van der Waals surface area contributed by atoms with E-state index < -0.39 is 5.54 Å². The standard InChI is InChI=1S/C20H31N5O4/c1-15(2)14-25-19(28)24(10-11-29-3)18(27)20(25)6-8-23(9-7-20)17(26)5-4-16-12-21-22-13-16/h12-13,15H,4-11,14H2,1-3H3,(H,21,22). The normalized spacial score (nSPS) is 19.1. The number of hydrogen-bond donors (Lipinski definition) is 1. The average molecular weight is 405 g/mol. The van der Waals surface area contributed by atoms with Crippen molar-refractivity contribution in [3.05, 3.63) is 18.0 Å². The van der Waals surface area contributed by atoms with Crippen molar-refractivity contribution in [2.24, 2.45) is 5.92 Å². The van der Waals surface area contributed by atoms with Gasteiger partial charge in [0, 0.05) is 39.4 Å². The van der Waals surface area contributed by atoms with Crippen LogP contribution < -0.4 is 0 Å². The van der Waals surface area contributed by atoms with Gasteiger partial charge in [-0.1, -0.05) is 13.8 Å². The lowest BCUT2D eigenvalue weighted by Gasteiger charge is -2.42. The van der Waals surface area contributed by atoms with Crippen LogP contribution in [0.2, 0.25) is 0 Å². The van der Waals surface area contributed by atoms with Gasteiger partial charge in [0.05, 0.1) is 19.3 Å². The van der Waals surface area contributed by atoms with E-state index in [1.165, 1.54) is 4.90 Å². The molecule has 29 heavy (non-hydrogen) atoms. The van der Waals surface area contributed by atoms with Gasteiger partial charge in [-0.05, 0) is 30.7 Å². The van der Waals surface area contributed by atoms with Crippen molar-refractivity contribution >= 4 is 17.8 Å². The number of ether oxygens (including phenoxy) is 1. The van der Waals surface area contributed by atoms with Crippen LogP contribution in [0.4, 0.5) is 4.79 Å². The number of carbonyl (C=O) groups excluding carboxylic acids is 3. The Morgan fingerprint density at radius 3 is 2.62 bits per heavy atom. The number of H-pyrrole nitrogens is 1. The number of imide groups is 1. The number of aromatic nitrogens is 2. The van der Waals surface area contributed by atoms with E-state index in [4.69, 9.17) is 4.74 Å². The van der Waals surface area contributed by atoms with Crippen molar-refractivity contribution in [2.45, 2.75) is 45.1 Å². The SMILES string of the molecule is COCCN1C(=O)N(CC(C)C)C2(CCN(C(=O)CCc3cn[nH]c3)CC2)C1=O. The Labute approximate surface area is 171 Å². The number of rotatable bonds is 8. The molecule has 2 aliphatic rings. The molecule has 1 aromatic rings. The van der Waals surface area contributed by atoms with Gasteiger partial charge < -0.3 is 14.5 Å². The summed E-state index contributed by atoms with van der Waals surface area (Å²) >= 11 is 0. The maximum absolute atomic E-state index is 13.2. The average Bonchev–Trinajstić information content (AvgIpc) is 3.28. The predicted octanol–water partition coefficient (Wildman–Crippen LogP) is 1.27. The zero-order valence-electron chi connectivity index (χ0n) is 17.5. The largest absolute Gasteiger partial charge is 0.383 e. The lowest BCUT2D eigenvalue weighted by atomic mass is 9.85. The van der Waals surface area contributed by atoms with Crippen LogP contribution in [0.5, 0.6) is 0 Å². The van der Waals surface area contributed by atoms with Crippen LogP contribution in [0.1, 0.15) is 38.7 Å². The second-order valence-electron chi connectivity index (χ2n) is 8.26. The Bertz CT molecular complexity index is 725. The molecule has 1 N–H and O–H groups in total. The third-order valence-electron chi connectivity index (χ3n) is 5.81. The summed E-state index contributed by atoms with van der Waals surface area (Å²) in [5.41, 5.74) is 0.163. The van der Waals surface area contributed by atoms with Crippen LogP contribution in [0.3, 0.4) is 0 Å². The number of piperidine rings is 1. The fraction of sp³-hybridized carbons (Fsp3) is 0.700. The van der Waals surface area contributed by atoms with Gasteiger partial charge >= 0.3 is 6.03 Å². The molecule has 3 heterocycles. The maximum atomic E-state index is 13.2. The van der Waals surface area contributed by atoms with Gasteiger partial charge in [-0.2, -0.15) is 5.10 Å². The fourth-order valence-corrected chi connectivity index (χ4v) is 4.21. The summed E-state index contributed by atoms with van der Waals surface area (Å²) in [5.74, 6) is 0.177. The van der Waals surface area contributed by atoms with Gasteiger partial charge in [0.1, 0.15) is 5.54 Å². The second kappa shape index (κ2) is 8.94. The first-order valence-electron chi connectivity index (χ1n) is 10.3. The summed E-state index contributed by atoms with van der Waals surface area (Å²) in [7, 11) is 1.56. The van der Waals surface area contributed by atoms with Crippen LogP contribution >= 0.6 is 0 Å². The Morgan fingerprint density at radius 1 is 1.31 bits per heavy atom. The topological polar surface area (TPSA) is 98.8 Å². The van der Waals surface area contributed by atoms with E-state index in [0.29, 0.717) is 51.9 Å². The van der Waals surface area contributed by atoms with Crippen molar-refractivity contribution in [3.63, 3.8) is 0 Å². The molecule has 4 amide bonds. The fourth-order valence-electron chi connectivity index (χ4n) is 4.21. The quantitative estimate of drug-likeness (QED) is 0.657. The molecular formula is C20H31N5O4. The summed E-state index contributed by atoms with van der Waals surface area (Å²) in [6, 6.07) is -0.236. The van der Waals surface area contributed by atoms with E-state index in [2.05, 4.69) is 10.2 Å². The predicted molar refractivity (Wildman–Crippen MR) is 106 cm³/mol. The first kappa shape index (κ1) is 21.3. The smallest absolute Gasteiger partial charge is 0.327 e. The minimum absolute atomic E-state index is 0.0736. The number of urea groups is 1. The maximum Gasteiger partial charge on any atom is 0.327 e. The molecule has 0 aromatic carbocycles. The highest BCUT2D eigenvalue weighted by atomic mass is 16.5. The highest BCUT2D eigenvalue weighted by Crippen LogP contribution is 2.38. The van der Waals surface area contributed by atoms with Crippen LogP contribution in [0, 0.1) is 5.92 Å². The van der Waals surface area contributed by atoms with Crippen LogP contribution in [-0.4, -0.2) is 88.2 Å².